The zero-order valence-electron chi connectivity index (χ0n) is 11.0. The number of alkyl halides is 2. The molecule has 0 aliphatic carbocycles. The second-order valence-corrected chi connectivity index (χ2v) is 5.55. The Balaban J connectivity index is 1.99. The smallest absolute Gasteiger partial charge is 0.251 e. The lowest BCUT2D eigenvalue weighted by molar-refractivity contribution is -0.0221. The standard InChI is InChI=1S/C13H14F2N4S/c1-20-12-17-8-9-2-5-16-11(10(9)18-12)19-6-3-13(14,15)4-7-19/h2,5,8H,3-4,6-7H2,1H3. The molecule has 106 valence electrons. The van der Waals surface area contributed by atoms with Crippen molar-refractivity contribution in [3.8, 4) is 0 Å². The van der Waals surface area contributed by atoms with Crippen molar-refractivity contribution in [3.63, 3.8) is 0 Å². The van der Waals surface area contributed by atoms with E-state index in [1.54, 1.807) is 12.4 Å². The minimum absolute atomic E-state index is 0.133. The van der Waals surface area contributed by atoms with Gasteiger partial charge in [0, 0.05) is 43.7 Å². The topological polar surface area (TPSA) is 41.9 Å². The molecule has 2 aromatic heterocycles. The highest BCUT2D eigenvalue weighted by Gasteiger charge is 2.34. The van der Waals surface area contributed by atoms with E-state index in [0.717, 1.165) is 10.9 Å². The Hall–Kier alpha value is -1.50. The molecule has 0 N–H and O–H groups in total. The molecule has 0 aromatic carbocycles. The van der Waals surface area contributed by atoms with Crippen LogP contribution in [0.1, 0.15) is 12.8 Å². The first-order chi connectivity index (χ1) is 9.59. The predicted octanol–water partition coefficient (Wildman–Crippen LogP) is 2.98. The van der Waals surface area contributed by atoms with E-state index in [0.29, 0.717) is 24.1 Å². The number of halogens is 2. The SMILES string of the molecule is CSc1ncc2ccnc(N3CCC(F)(F)CC3)c2n1. The Bertz CT molecular complexity index is 625. The molecule has 1 fully saturated rings. The van der Waals surface area contributed by atoms with E-state index < -0.39 is 5.92 Å². The van der Waals surface area contributed by atoms with Crippen LogP contribution in [0.4, 0.5) is 14.6 Å². The van der Waals surface area contributed by atoms with Gasteiger partial charge in [-0.1, -0.05) is 11.8 Å². The van der Waals surface area contributed by atoms with Gasteiger partial charge in [0.05, 0.1) is 0 Å². The van der Waals surface area contributed by atoms with Gasteiger partial charge in [0.15, 0.2) is 11.0 Å². The number of thioether (sulfide) groups is 1. The molecule has 0 saturated carbocycles. The Morgan fingerprint density at radius 1 is 1.25 bits per heavy atom. The summed E-state index contributed by atoms with van der Waals surface area (Å²) < 4.78 is 26.5. The molecule has 3 heterocycles. The lowest BCUT2D eigenvalue weighted by atomic mass is 10.1. The fourth-order valence-electron chi connectivity index (χ4n) is 2.30. The molecule has 1 aliphatic heterocycles. The average Bonchev–Trinajstić information content (AvgIpc) is 2.46. The van der Waals surface area contributed by atoms with Crippen LogP contribution in [0.25, 0.3) is 10.9 Å². The molecule has 2 aromatic rings. The third-order valence-electron chi connectivity index (χ3n) is 3.43. The highest BCUT2D eigenvalue weighted by Crippen LogP contribution is 2.32. The monoisotopic (exact) mass is 296 g/mol. The molecule has 0 bridgehead atoms. The third kappa shape index (κ3) is 2.54. The summed E-state index contributed by atoms with van der Waals surface area (Å²) in [6.07, 6.45) is 5.06. The zero-order chi connectivity index (χ0) is 14.2. The van der Waals surface area contributed by atoms with Gasteiger partial charge < -0.3 is 4.90 Å². The van der Waals surface area contributed by atoms with Crippen LogP contribution in [-0.4, -0.2) is 40.2 Å². The number of anilines is 1. The summed E-state index contributed by atoms with van der Waals surface area (Å²) in [6, 6.07) is 1.83. The van der Waals surface area contributed by atoms with Crippen LogP contribution in [0.3, 0.4) is 0 Å². The minimum atomic E-state index is -2.56. The molecular formula is C13H14F2N4S. The maximum Gasteiger partial charge on any atom is 0.251 e. The molecule has 7 heteroatoms. The molecule has 0 radical (unpaired) electrons. The molecule has 0 atom stereocenters. The van der Waals surface area contributed by atoms with Gasteiger partial charge in [-0.15, -0.1) is 0 Å². The van der Waals surface area contributed by atoms with E-state index in [4.69, 9.17) is 0 Å². The summed E-state index contributed by atoms with van der Waals surface area (Å²) in [4.78, 5) is 14.9. The quantitative estimate of drug-likeness (QED) is 0.629. The zero-order valence-corrected chi connectivity index (χ0v) is 11.8. The second-order valence-electron chi connectivity index (χ2n) is 4.77. The van der Waals surface area contributed by atoms with Gasteiger partial charge in [0.25, 0.3) is 5.92 Å². The summed E-state index contributed by atoms with van der Waals surface area (Å²) in [5.74, 6) is -1.88. The molecule has 1 aliphatic rings. The van der Waals surface area contributed by atoms with Crippen LogP contribution in [0, 0.1) is 0 Å². The lowest BCUT2D eigenvalue weighted by Gasteiger charge is -2.32. The van der Waals surface area contributed by atoms with Crippen LogP contribution in [0.15, 0.2) is 23.6 Å². The highest BCUT2D eigenvalue weighted by molar-refractivity contribution is 7.98. The second kappa shape index (κ2) is 5.12. The van der Waals surface area contributed by atoms with Gasteiger partial charge in [-0.25, -0.2) is 23.7 Å². The number of nitrogens with zero attached hydrogens (tertiary/aromatic N) is 4. The van der Waals surface area contributed by atoms with Crippen molar-refractivity contribution in [1.29, 1.82) is 0 Å². The number of hydrogen-bond acceptors (Lipinski definition) is 5. The Morgan fingerprint density at radius 3 is 2.70 bits per heavy atom. The Morgan fingerprint density at radius 2 is 2.00 bits per heavy atom. The average molecular weight is 296 g/mol. The molecular weight excluding hydrogens is 282 g/mol. The summed E-state index contributed by atoms with van der Waals surface area (Å²) >= 11 is 1.45. The normalized spacial score (nSPS) is 18.4. The van der Waals surface area contributed by atoms with Crippen LogP contribution >= 0.6 is 11.8 Å². The summed E-state index contributed by atoms with van der Waals surface area (Å²) in [6.45, 7) is 0.607. The molecule has 1 saturated heterocycles. The van der Waals surface area contributed by atoms with Crippen LogP contribution < -0.4 is 4.90 Å². The Kier molecular flexibility index (Phi) is 3.45. The maximum absolute atomic E-state index is 13.3. The van der Waals surface area contributed by atoms with Crippen LogP contribution in [0.5, 0.6) is 0 Å². The van der Waals surface area contributed by atoms with Crippen LogP contribution in [-0.2, 0) is 0 Å². The maximum atomic E-state index is 13.3. The van der Waals surface area contributed by atoms with E-state index in [2.05, 4.69) is 15.0 Å². The van der Waals surface area contributed by atoms with Gasteiger partial charge in [-0.2, -0.15) is 0 Å². The summed E-state index contributed by atoms with van der Waals surface area (Å²) in [7, 11) is 0. The van der Waals surface area contributed by atoms with Gasteiger partial charge in [0.2, 0.25) is 0 Å². The first-order valence-electron chi connectivity index (χ1n) is 6.38. The number of rotatable bonds is 2. The number of fused-ring (bicyclic) bond motifs is 1. The predicted molar refractivity (Wildman–Crippen MR) is 75.5 cm³/mol. The van der Waals surface area contributed by atoms with Crippen molar-refractivity contribution in [2.24, 2.45) is 0 Å². The van der Waals surface area contributed by atoms with Crippen molar-refractivity contribution in [3.05, 3.63) is 18.5 Å². The largest absolute Gasteiger partial charge is 0.354 e. The third-order valence-corrected chi connectivity index (χ3v) is 4.00. The van der Waals surface area contributed by atoms with Crippen molar-refractivity contribution < 1.29 is 8.78 Å². The van der Waals surface area contributed by atoms with Gasteiger partial charge in [-0.3, -0.25) is 0 Å². The van der Waals surface area contributed by atoms with E-state index in [1.165, 1.54) is 11.8 Å². The number of pyridine rings is 1. The van der Waals surface area contributed by atoms with E-state index in [9.17, 15) is 8.78 Å². The lowest BCUT2D eigenvalue weighted by Crippen LogP contribution is -2.39. The molecule has 0 spiro atoms. The molecule has 20 heavy (non-hydrogen) atoms. The van der Waals surface area contributed by atoms with Gasteiger partial charge in [-0.05, 0) is 12.3 Å². The summed E-state index contributed by atoms with van der Waals surface area (Å²) in [5.41, 5.74) is 0.733. The van der Waals surface area contributed by atoms with Crippen molar-refractivity contribution >= 4 is 28.5 Å². The fraction of sp³-hybridized carbons (Fsp3) is 0.462. The molecule has 4 nitrogen and oxygen atoms in total. The highest BCUT2D eigenvalue weighted by atomic mass is 32.2. The molecule has 3 rings (SSSR count). The molecule has 0 unspecified atom stereocenters. The van der Waals surface area contributed by atoms with Crippen LogP contribution in [0.2, 0.25) is 0 Å². The fourth-order valence-corrected chi connectivity index (χ4v) is 2.64. The number of aromatic nitrogens is 3. The van der Waals surface area contributed by atoms with E-state index in [-0.39, 0.29) is 12.8 Å². The van der Waals surface area contributed by atoms with E-state index in [1.807, 2.05) is 17.2 Å². The van der Waals surface area contributed by atoms with E-state index >= 15 is 0 Å². The van der Waals surface area contributed by atoms with Gasteiger partial charge >= 0.3 is 0 Å². The van der Waals surface area contributed by atoms with Crippen molar-refractivity contribution in [1.82, 2.24) is 15.0 Å². The van der Waals surface area contributed by atoms with Gasteiger partial charge in [0.1, 0.15) is 5.52 Å². The Labute approximate surface area is 119 Å². The number of piperidine rings is 1. The number of hydrogen-bond donors (Lipinski definition) is 0. The summed E-state index contributed by atoms with van der Waals surface area (Å²) in [5, 5.41) is 1.54. The first kappa shape index (κ1) is 13.5. The first-order valence-corrected chi connectivity index (χ1v) is 7.60. The van der Waals surface area contributed by atoms with Crippen molar-refractivity contribution in [2.75, 3.05) is 24.2 Å². The van der Waals surface area contributed by atoms with Crippen molar-refractivity contribution in [2.45, 2.75) is 23.9 Å². The molecule has 0 amide bonds. The minimum Gasteiger partial charge on any atom is -0.354 e.